The Labute approximate surface area is 111 Å². The monoisotopic (exact) mass is 279 g/mol. The zero-order valence-electron chi connectivity index (χ0n) is 10.2. The Morgan fingerprint density at radius 2 is 1.89 bits per heavy atom. The molecule has 7 heteroatoms. The van der Waals surface area contributed by atoms with E-state index in [0.29, 0.717) is 11.3 Å². The van der Waals surface area contributed by atoms with Crippen LogP contribution in [0.3, 0.4) is 0 Å². The van der Waals surface area contributed by atoms with Crippen molar-refractivity contribution >= 4 is 21.6 Å². The molecule has 1 aliphatic heterocycles. The molecule has 0 unspecified atom stereocenters. The predicted molar refractivity (Wildman–Crippen MR) is 70.4 cm³/mol. The Hall–Kier alpha value is -2.07. The summed E-state index contributed by atoms with van der Waals surface area (Å²) in [6.07, 6.45) is 0. The Balaban J connectivity index is 2.04. The van der Waals surface area contributed by atoms with E-state index in [1.54, 1.807) is 24.3 Å². The molecule has 0 radical (unpaired) electrons. The molecule has 0 saturated carbocycles. The van der Waals surface area contributed by atoms with Crippen LogP contribution < -0.4 is 5.32 Å². The third-order valence-electron chi connectivity index (χ3n) is 2.92. The Bertz CT molecular complexity index is 620. The number of urea groups is 1. The molecule has 100 valence electrons. The second-order valence-electron chi connectivity index (χ2n) is 4.23. The number of hydrogen-bond donors (Lipinski definition) is 1. The highest BCUT2D eigenvalue weighted by molar-refractivity contribution is 7.91. The molecule has 1 aliphatic rings. The zero-order valence-corrected chi connectivity index (χ0v) is 11.0. The highest BCUT2D eigenvalue weighted by atomic mass is 32.2. The first-order chi connectivity index (χ1) is 9.02. The molecule has 0 spiro atoms. The third-order valence-corrected chi connectivity index (χ3v) is 4.53. The van der Waals surface area contributed by atoms with Gasteiger partial charge < -0.3 is 10.2 Å². The average molecular weight is 279 g/mol. The fourth-order valence-electron chi connectivity index (χ4n) is 1.80. The maximum atomic E-state index is 12.0. The van der Waals surface area contributed by atoms with Crippen molar-refractivity contribution in [2.24, 2.45) is 0 Å². The van der Waals surface area contributed by atoms with Gasteiger partial charge in [0.1, 0.15) is 6.07 Å². The van der Waals surface area contributed by atoms with Crippen molar-refractivity contribution in [2.45, 2.75) is 0 Å². The number of para-hydroxylation sites is 1. The maximum Gasteiger partial charge on any atom is 0.321 e. The summed E-state index contributed by atoms with van der Waals surface area (Å²) in [4.78, 5) is 13.4. The Kier molecular flexibility index (Phi) is 3.71. The fraction of sp³-hybridized carbons (Fsp3) is 0.333. The van der Waals surface area contributed by atoms with Gasteiger partial charge in [0.15, 0.2) is 9.84 Å². The van der Waals surface area contributed by atoms with E-state index in [4.69, 9.17) is 5.26 Å². The third kappa shape index (κ3) is 3.23. The summed E-state index contributed by atoms with van der Waals surface area (Å²) in [6.45, 7) is 0.367. The van der Waals surface area contributed by atoms with Crippen molar-refractivity contribution < 1.29 is 13.2 Å². The van der Waals surface area contributed by atoms with Crippen LogP contribution in [0.25, 0.3) is 0 Å². The van der Waals surface area contributed by atoms with Crippen LogP contribution in [0.1, 0.15) is 5.56 Å². The van der Waals surface area contributed by atoms with Gasteiger partial charge in [-0.3, -0.25) is 0 Å². The van der Waals surface area contributed by atoms with Crippen molar-refractivity contribution in [3.8, 4) is 6.07 Å². The molecule has 0 aliphatic carbocycles. The van der Waals surface area contributed by atoms with E-state index in [0.717, 1.165) is 0 Å². The molecular weight excluding hydrogens is 266 g/mol. The molecule has 1 saturated heterocycles. The number of carbonyl (C=O) groups excluding carboxylic acids is 1. The average Bonchev–Trinajstić information content (AvgIpc) is 2.39. The first-order valence-corrected chi connectivity index (χ1v) is 7.59. The lowest BCUT2D eigenvalue weighted by Gasteiger charge is -2.26. The molecule has 1 aromatic rings. The first kappa shape index (κ1) is 13.4. The standard InChI is InChI=1S/C12H13N3O3S/c13-9-10-3-1-2-4-11(10)14-12(16)15-5-7-19(17,18)8-6-15/h1-4H,5-8H2,(H,14,16). The van der Waals surface area contributed by atoms with Gasteiger partial charge in [-0.1, -0.05) is 12.1 Å². The van der Waals surface area contributed by atoms with Crippen LogP contribution in [0.15, 0.2) is 24.3 Å². The number of carbonyl (C=O) groups is 1. The Morgan fingerprint density at radius 1 is 1.26 bits per heavy atom. The van der Waals surface area contributed by atoms with E-state index in [9.17, 15) is 13.2 Å². The minimum absolute atomic E-state index is 0.0136. The summed E-state index contributed by atoms with van der Waals surface area (Å²) < 4.78 is 22.6. The molecule has 0 bridgehead atoms. The van der Waals surface area contributed by atoms with Gasteiger partial charge in [-0.25, -0.2) is 13.2 Å². The summed E-state index contributed by atoms with van der Waals surface area (Å²) in [5, 5.41) is 11.5. The number of benzene rings is 1. The van der Waals surface area contributed by atoms with Crippen molar-refractivity contribution in [2.75, 3.05) is 29.9 Å². The molecule has 1 heterocycles. The summed E-state index contributed by atoms with van der Waals surface area (Å²) in [5.74, 6) is -0.0271. The minimum atomic E-state index is -3.01. The zero-order chi connectivity index (χ0) is 13.9. The van der Waals surface area contributed by atoms with Gasteiger partial charge in [-0.15, -0.1) is 0 Å². The first-order valence-electron chi connectivity index (χ1n) is 5.77. The maximum absolute atomic E-state index is 12.0. The van der Waals surface area contributed by atoms with Crippen molar-refractivity contribution in [3.63, 3.8) is 0 Å². The van der Waals surface area contributed by atoms with Crippen LogP contribution in [0.2, 0.25) is 0 Å². The van der Waals surface area contributed by atoms with Gasteiger partial charge in [-0.05, 0) is 12.1 Å². The highest BCUT2D eigenvalue weighted by Gasteiger charge is 2.25. The second kappa shape index (κ2) is 5.28. The van der Waals surface area contributed by atoms with Crippen LogP contribution in [0.4, 0.5) is 10.5 Å². The van der Waals surface area contributed by atoms with E-state index in [1.807, 2.05) is 6.07 Å². The van der Waals surface area contributed by atoms with E-state index < -0.39 is 9.84 Å². The van der Waals surface area contributed by atoms with Gasteiger partial charge in [0.25, 0.3) is 0 Å². The van der Waals surface area contributed by atoms with Gasteiger partial charge in [0.05, 0.1) is 22.8 Å². The van der Waals surface area contributed by atoms with Crippen molar-refractivity contribution in [1.29, 1.82) is 5.26 Å². The summed E-state index contributed by atoms with van der Waals surface area (Å²) in [7, 11) is -3.01. The number of rotatable bonds is 1. The topological polar surface area (TPSA) is 90.3 Å². The SMILES string of the molecule is N#Cc1ccccc1NC(=O)N1CCS(=O)(=O)CC1. The van der Waals surface area contributed by atoms with E-state index in [2.05, 4.69) is 5.32 Å². The molecule has 0 atom stereocenters. The normalized spacial score (nSPS) is 17.5. The quantitative estimate of drug-likeness (QED) is 0.824. The number of nitrogens with one attached hydrogen (secondary N) is 1. The van der Waals surface area contributed by atoms with E-state index in [1.165, 1.54) is 4.90 Å². The van der Waals surface area contributed by atoms with Gasteiger partial charge in [0, 0.05) is 13.1 Å². The highest BCUT2D eigenvalue weighted by Crippen LogP contribution is 2.15. The van der Waals surface area contributed by atoms with Crippen molar-refractivity contribution in [3.05, 3.63) is 29.8 Å². The lowest BCUT2D eigenvalue weighted by molar-refractivity contribution is 0.216. The second-order valence-corrected chi connectivity index (χ2v) is 6.53. The predicted octanol–water partition coefficient (Wildman–Crippen LogP) is 0.821. The molecule has 2 amide bonds. The number of nitriles is 1. The number of sulfone groups is 1. The number of nitrogens with zero attached hydrogens (tertiary/aromatic N) is 2. The Morgan fingerprint density at radius 3 is 2.53 bits per heavy atom. The summed E-state index contributed by atoms with van der Waals surface area (Å²) >= 11 is 0. The lowest BCUT2D eigenvalue weighted by Crippen LogP contribution is -2.45. The molecule has 6 nitrogen and oxygen atoms in total. The minimum Gasteiger partial charge on any atom is -0.322 e. The summed E-state index contributed by atoms with van der Waals surface area (Å²) in [5.41, 5.74) is 0.809. The number of hydrogen-bond acceptors (Lipinski definition) is 4. The molecular formula is C12H13N3O3S. The van der Waals surface area contributed by atoms with E-state index in [-0.39, 0.29) is 30.6 Å². The molecule has 1 N–H and O–H groups in total. The van der Waals surface area contributed by atoms with Crippen molar-refractivity contribution in [1.82, 2.24) is 4.90 Å². The van der Waals surface area contributed by atoms with Crippen LogP contribution in [0.5, 0.6) is 0 Å². The summed E-state index contributed by atoms with van der Waals surface area (Å²) in [6, 6.07) is 8.28. The molecule has 1 aromatic carbocycles. The molecule has 1 fully saturated rings. The van der Waals surface area contributed by atoms with Gasteiger partial charge >= 0.3 is 6.03 Å². The van der Waals surface area contributed by atoms with Crippen LogP contribution in [-0.2, 0) is 9.84 Å². The van der Waals surface area contributed by atoms with Gasteiger partial charge in [0.2, 0.25) is 0 Å². The number of anilines is 1. The molecule has 2 rings (SSSR count). The molecule has 19 heavy (non-hydrogen) atoms. The fourth-order valence-corrected chi connectivity index (χ4v) is 3.00. The van der Waals surface area contributed by atoms with Crippen LogP contribution >= 0.6 is 0 Å². The smallest absolute Gasteiger partial charge is 0.321 e. The van der Waals surface area contributed by atoms with Crippen LogP contribution in [-0.4, -0.2) is 43.9 Å². The largest absolute Gasteiger partial charge is 0.322 e. The van der Waals surface area contributed by atoms with Gasteiger partial charge in [-0.2, -0.15) is 5.26 Å². The van der Waals surface area contributed by atoms with E-state index >= 15 is 0 Å². The molecule has 0 aromatic heterocycles. The van der Waals surface area contributed by atoms with Crippen LogP contribution in [0, 0.1) is 11.3 Å². The lowest BCUT2D eigenvalue weighted by atomic mass is 10.2. The number of amides is 2.